The molecule has 0 unspecified atom stereocenters. The van der Waals surface area contributed by atoms with Crippen molar-refractivity contribution in [1.82, 2.24) is 20.1 Å². The van der Waals surface area contributed by atoms with Crippen LogP contribution in [0.3, 0.4) is 0 Å². The first kappa shape index (κ1) is 24.0. The van der Waals surface area contributed by atoms with E-state index in [-0.39, 0.29) is 11.8 Å². The number of thioether (sulfide) groups is 1. The molecule has 170 valence electrons. The maximum absolute atomic E-state index is 12.9. The number of carbonyl (C=O) groups is 2. The average Bonchev–Trinajstić information content (AvgIpc) is 3.45. The van der Waals surface area contributed by atoms with Crippen LogP contribution in [0.4, 0.5) is 5.69 Å². The zero-order valence-corrected chi connectivity index (χ0v) is 20.5. The lowest BCUT2D eigenvalue weighted by Crippen LogP contribution is -2.30. The number of amides is 2. The van der Waals surface area contributed by atoms with Gasteiger partial charge < -0.3 is 14.8 Å². The Morgan fingerprint density at radius 2 is 1.97 bits per heavy atom. The van der Waals surface area contributed by atoms with Crippen LogP contribution in [0.2, 0.25) is 0 Å². The summed E-state index contributed by atoms with van der Waals surface area (Å²) >= 11 is 2.98. The highest BCUT2D eigenvalue weighted by atomic mass is 32.2. The van der Waals surface area contributed by atoms with E-state index in [9.17, 15) is 9.59 Å². The Morgan fingerprint density at radius 3 is 2.66 bits per heavy atom. The molecule has 2 heterocycles. The van der Waals surface area contributed by atoms with E-state index in [1.807, 2.05) is 23.8 Å². The topological polar surface area (TPSA) is 80.1 Å². The molecule has 0 fully saturated rings. The number of aromatic nitrogens is 3. The highest BCUT2D eigenvalue weighted by Crippen LogP contribution is 2.23. The Balaban J connectivity index is 1.61. The Kier molecular flexibility index (Phi) is 8.46. The highest BCUT2D eigenvalue weighted by Gasteiger charge is 2.20. The maximum Gasteiger partial charge on any atom is 0.268 e. The summed E-state index contributed by atoms with van der Waals surface area (Å²) in [7, 11) is 1.69. The van der Waals surface area contributed by atoms with Gasteiger partial charge in [-0.25, -0.2) is 0 Å². The molecule has 2 amide bonds. The Bertz CT molecular complexity index is 1050. The van der Waals surface area contributed by atoms with Crippen LogP contribution in [0.25, 0.3) is 0 Å². The third-order valence-corrected chi connectivity index (χ3v) is 6.46. The van der Waals surface area contributed by atoms with Crippen LogP contribution in [-0.4, -0.2) is 46.4 Å². The van der Waals surface area contributed by atoms with Crippen molar-refractivity contribution in [1.29, 1.82) is 0 Å². The van der Waals surface area contributed by atoms with Crippen LogP contribution in [0.1, 0.15) is 46.1 Å². The fourth-order valence-corrected chi connectivity index (χ4v) is 4.60. The second-order valence-corrected chi connectivity index (χ2v) is 9.55. The van der Waals surface area contributed by atoms with Gasteiger partial charge in [0.2, 0.25) is 0 Å². The van der Waals surface area contributed by atoms with Crippen molar-refractivity contribution in [3.63, 3.8) is 0 Å². The summed E-state index contributed by atoms with van der Waals surface area (Å²) in [5, 5.41) is 14.4. The number of para-hydroxylation sites is 1. The standard InChI is InChI=1S/C23H29N5O2S2/c1-16(2)15-28-20(25-26-23(28)31-4)12-7-13-24-21(29)17-9-5-6-10-18(17)27(3)22(30)19-11-8-14-32-19/h5-6,8-11,14,16H,7,12-13,15H2,1-4H3,(H,24,29). The molecule has 0 aliphatic rings. The minimum Gasteiger partial charge on any atom is -0.352 e. The van der Waals surface area contributed by atoms with E-state index >= 15 is 0 Å². The summed E-state index contributed by atoms with van der Waals surface area (Å²) in [4.78, 5) is 27.8. The van der Waals surface area contributed by atoms with Crippen LogP contribution in [0.15, 0.2) is 46.9 Å². The van der Waals surface area contributed by atoms with Gasteiger partial charge in [-0.05, 0) is 42.2 Å². The zero-order valence-electron chi connectivity index (χ0n) is 18.9. The SMILES string of the molecule is CSc1nnc(CCCNC(=O)c2ccccc2N(C)C(=O)c2cccs2)n1CC(C)C. The fourth-order valence-electron chi connectivity index (χ4n) is 3.38. The molecular formula is C23H29N5O2S2. The number of nitrogens with zero attached hydrogens (tertiary/aromatic N) is 4. The van der Waals surface area contributed by atoms with Crippen LogP contribution in [0, 0.1) is 5.92 Å². The number of benzene rings is 1. The molecule has 2 aromatic heterocycles. The van der Waals surface area contributed by atoms with E-state index in [4.69, 9.17) is 0 Å². The van der Waals surface area contributed by atoms with Crippen molar-refractivity contribution in [2.45, 2.75) is 38.4 Å². The quantitative estimate of drug-likeness (QED) is 0.351. The molecule has 9 heteroatoms. The number of anilines is 1. The van der Waals surface area contributed by atoms with Crippen molar-refractivity contribution < 1.29 is 9.59 Å². The lowest BCUT2D eigenvalue weighted by molar-refractivity contribution is 0.0953. The predicted octanol–water partition coefficient (Wildman–Crippen LogP) is 4.36. The van der Waals surface area contributed by atoms with Crippen molar-refractivity contribution in [2.75, 3.05) is 24.7 Å². The molecule has 0 saturated carbocycles. The molecule has 1 aromatic carbocycles. The predicted molar refractivity (Wildman–Crippen MR) is 131 cm³/mol. The highest BCUT2D eigenvalue weighted by molar-refractivity contribution is 7.98. The number of hydrogen-bond donors (Lipinski definition) is 1. The van der Waals surface area contributed by atoms with Gasteiger partial charge in [0.05, 0.1) is 16.1 Å². The van der Waals surface area contributed by atoms with Crippen LogP contribution >= 0.6 is 23.1 Å². The van der Waals surface area contributed by atoms with Gasteiger partial charge in [0, 0.05) is 26.6 Å². The van der Waals surface area contributed by atoms with Gasteiger partial charge >= 0.3 is 0 Å². The van der Waals surface area contributed by atoms with Crippen molar-refractivity contribution >= 4 is 40.6 Å². The van der Waals surface area contributed by atoms with E-state index < -0.39 is 0 Å². The van der Waals surface area contributed by atoms with Gasteiger partial charge in [-0.15, -0.1) is 21.5 Å². The summed E-state index contributed by atoms with van der Waals surface area (Å²) in [6.45, 7) is 5.74. The third-order valence-electron chi connectivity index (χ3n) is 4.93. The Morgan fingerprint density at radius 1 is 1.19 bits per heavy atom. The lowest BCUT2D eigenvalue weighted by atomic mass is 10.1. The average molecular weight is 472 g/mol. The molecule has 0 radical (unpaired) electrons. The number of carbonyl (C=O) groups excluding carboxylic acids is 2. The second kappa shape index (κ2) is 11.3. The number of rotatable bonds is 10. The van der Waals surface area contributed by atoms with Gasteiger partial charge in [-0.3, -0.25) is 9.59 Å². The molecule has 7 nitrogen and oxygen atoms in total. The molecule has 0 aliphatic heterocycles. The Hall–Kier alpha value is -2.65. The Labute approximate surface area is 197 Å². The zero-order chi connectivity index (χ0) is 23.1. The first-order valence-electron chi connectivity index (χ1n) is 10.6. The molecule has 32 heavy (non-hydrogen) atoms. The summed E-state index contributed by atoms with van der Waals surface area (Å²) < 4.78 is 2.16. The minimum absolute atomic E-state index is 0.130. The normalized spacial score (nSPS) is 11.0. The molecule has 1 N–H and O–H groups in total. The number of thiophene rings is 1. The number of nitrogens with one attached hydrogen (secondary N) is 1. The second-order valence-electron chi connectivity index (χ2n) is 7.83. The first-order valence-corrected chi connectivity index (χ1v) is 12.7. The minimum atomic E-state index is -0.195. The van der Waals surface area contributed by atoms with Gasteiger partial charge in [0.25, 0.3) is 11.8 Å². The van der Waals surface area contributed by atoms with Gasteiger partial charge in [0.1, 0.15) is 5.82 Å². The third kappa shape index (κ3) is 5.77. The largest absolute Gasteiger partial charge is 0.352 e. The first-order chi connectivity index (χ1) is 15.4. The summed E-state index contributed by atoms with van der Waals surface area (Å²) in [6.07, 6.45) is 3.49. The molecular weight excluding hydrogens is 442 g/mol. The maximum atomic E-state index is 12.9. The molecule has 0 bridgehead atoms. The van der Waals surface area contributed by atoms with Crippen LogP contribution in [-0.2, 0) is 13.0 Å². The molecule has 3 aromatic rings. The summed E-state index contributed by atoms with van der Waals surface area (Å²) in [6, 6.07) is 10.8. The van der Waals surface area contributed by atoms with E-state index in [1.165, 1.54) is 16.2 Å². The molecule has 0 saturated heterocycles. The molecule has 0 aliphatic carbocycles. The van der Waals surface area contributed by atoms with E-state index in [2.05, 4.69) is 33.9 Å². The van der Waals surface area contributed by atoms with Gasteiger partial charge in [-0.2, -0.15) is 0 Å². The molecule has 0 atom stereocenters. The lowest BCUT2D eigenvalue weighted by Gasteiger charge is -2.20. The molecule has 0 spiro atoms. The molecule has 3 rings (SSSR count). The fraction of sp³-hybridized carbons (Fsp3) is 0.391. The van der Waals surface area contributed by atoms with Crippen LogP contribution in [0.5, 0.6) is 0 Å². The monoisotopic (exact) mass is 471 g/mol. The number of aryl methyl sites for hydroxylation is 1. The number of hydrogen-bond acceptors (Lipinski definition) is 6. The van der Waals surface area contributed by atoms with Gasteiger partial charge in [-0.1, -0.05) is 43.8 Å². The summed E-state index contributed by atoms with van der Waals surface area (Å²) in [5.41, 5.74) is 1.07. The van der Waals surface area contributed by atoms with E-state index in [0.29, 0.717) is 28.6 Å². The summed E-state index contributed by atoms with van der Waals surface area (Å²) in [5.74, 6) is 1.12. The van der Waals surface area contributed by atoms with Crippen molar-refractivity contribution in [3.05, 3.63) is 58.0 Å². The van der Waals surface area contributed by atoms with Crippen LogP contribution < -0.4 is 10.2 Å². The van der Waals surface area contributed by atoms with Crippen molar-refractivity contribution in [3.8, 4) is 0 Å². The van der Waals surface area contributed by atoms with Gasteiger partial charge in [0.15, 0.2) is 5.16 Å². The van der Waals surface area contributed by atoms with E-state index in [0.717, 1.165) is 30.4 Å². The van der Waals surface area contributed by atoms with Crippen molar-refractivity contribution in [2.24, 2.45) is 5.92 Å². The van der Waals surface area contributed by atoms with E-state index in [1.54, 1.807) is 43.1 Å². The smallest absolute Gasteiger partial charge is 0.268 e.